The van der Waals surface area contributed by atoms with Crippen LogP contribution < -0.4 is 4.74 Å². The molecule has 0 saturated carbocycles. The first-order valence-electron chi connectivity index (χ1n) is 3.66. The minimum absolute atomic E-state index is 0.00650. The van der Waals surface area contributed by atoms with Gasteiger partial charge in [-0.25, -0.2) is 0 Å². The molecule has 0 bridgehead atoms. The Morgan fingerprint density at radius 1 is 1.07 bits per heavy atom. The summed E-state index contributed by atoms with van der Waals surface area (Å²) < 4.78 is 39.0. The Labute approximate surface area is 82.9 Å². The summed E-state index contributed by atoms with van der Waals surface area (Å²) in [5.41, 5.74) is -0.147. The zero-order chi connectivity index (χ0) is 11.5. The van der Waals surface area contributed by atoms with Gasteiger partial charge in [-0.3, -0.25) is 0 Å². The number of halogens is 3. The number of benzene rings is 1. The molecule has 0 aliphatic carbocycles. The van der Waals surface area contributed by atoms with Gasteiger partial charge in [0.1, 0.15) is 17.9 Å². The Balaban J connectivity index is 3.07. The van der Waals surface area contributed by atoms with Gasteiger partial charge in [-0.05, 0) is 18.2 Å². The average Bonchev–Trinajstić information content (AvgIpc) is 2.15. The van der Waals surface area contributed by atoms with E-state index in [0.717, 1.165) is 18.2 Å². The van der Waals surface area contributed by atoms with Crippen LogP contribution in [0.25, 0.3) is 0 Å². The first-order valence-corrected chi connectivity index (χ1v) is 3.66. The average molecular weight is 212 g/mol. The van der Waals surface area contributed by atoms with Crippen LogP contribution in [-0.2, 0) is 0 Å². The molecule has 3 nitrogen and oxygen atoms in total. The molecule has 6 heteroatoms. The van der Waals surface area contributed by atoms with Gasteiger partial charge < -0.3 is 4.74 Å². The lowest BCUT2D eigenvalue weighted by Gasteiger charge is -2.08. The maximum Gasteiger partial charge on any atom is 0.573 e. The molecule has 15 heavy (non-hydrogen) atoms. The molecule has 0 heterocycles. The lowest BCUT2D eigenvalue weighted by molar-refractivity contribution is -0.274. The summed E-state index contributed by atoms with van der Waals surface area (Å²) in [7, 11) is 0. The van der Waals surface area contributed by atoms with E-state index in [1.54, 1.807) is 12.1 Å². The van der Waals surface area contributed by atoms with Gasteiger partial charge in [-0.15, -0.1) is 13.2 Å². The van der Waals surface area contributed by atoms with Crippen molar-refractivity contribution in [1.29, 1.82) is 10.5 Å². The smallest absolute Gasteiger partial charge is 0.406 e. The van der Waals surface area contributed by atoms with Crippen LogP contribution in [-0.4, -0.2) is 6.36 Å². The fourth-order valence-corrected chi connectivity index (χ4v) is 0.910. The molecule has 0 aliphatic rings. The number of hydrogen-bond donors (Lipinski definition) is 0. The van der Waals surface area contributed by atoms with Crippen molar-refractivity contribution >= 4 is 0 Å². The van der Waals surface area contributed by atoms with Crippen molar-refractivity contribution in [2.75, 3.05) is 0 Å². The van der Waals surface area contributed by atoms with Crippen LogP contribution in [0.5, 0.6) is 5.75 Å². The zero-order valence-corrected chi connectivity index (χ0v) is 7.17. The van der Waals surface area contributed by atoms with Crippen LogP contribution in [0.15, 0.2) is 18.2 Å². The van der Waals surface area contributed by atoms with Gasteiger partial charge in [0.15, 0.2) is 0 Å². The summed E-state index contributed by atoms with van der Waals surface area (Å²) >= 11 is 0. The van der Waals surface area contributed by atoms with Gasteiger partial charge in [-0.2, -0.15) is 10.5 Å². The molecule has 0 spiro atoms. The fourth-order valence-electron chi connectivity index (χ4n) is 0.910. The molecule has 0 atom stereocenters. The second kappa shape index (κ2) is 3.89. The van der Waals surface area contributed by atoms with Crippen LogP contribution in [0.2, 0.25) is 0 Å². The molecule has 0 unspecified atom stereocenters. The molecule has 0 radical (unpaired) electrons. The molecule has 0 aromatic heterocycles. The summed E-state index contributed by atoms with van der Waals surface area (Å²) in [5.74, 6) is -0.516. The Hall–Kier alpha value is -2.21. The highest BCUT2D eigenvalue weighted by atomic mass is 19.4. The molecule has 1 aromatic rings. The summed E-state index contributed by atoms with van der Waals surface area (Å²) in [6, 6.07) is 6.22. The molecule has 0 aliphatic heterocycles. The zero-order valence-electron chi connectivity index (χ0n) is 7.17. The maximum absolute atomic E-state index is 11.8. The Kier molecular flexibility index (Phi) is 2.82. The van der Waals surface area contributed by atoms with E-state index in [9.17, 15) is 13.2 Å². The topological polar surface area (TPSA) is 56.8 Å². The van der Waals surface area contributed by atoms with Gasteiger partial charge in [0, 0.05) is 0 Å². The van der Waals surface area contributed by atoms with Gasteiger partial charge in [0.2, 0.25) is 0 Å². The van der Waals surface area contributed by atoms with Crippen LogP contribution >= 0.6 is 0 Å². The van der Waals surface area contributed by atoms with E-state index in [1.165, 1.54) is 0 Å². The van der Waals surface area contributed by atoms with Crippen molar-refractivity contribution in [3.05, 3.63) is 29.3 Å². The van der Waals surface area contributed by atoms with Gasteiger partial charge in [0.25, 0.3) is 0 Å². The SMILES string of the molecule is N#Cc1ccc(OC(F)(F)F)cc1C#N. The monoisotopic (exact) mass is 212 g/mol. The number of hydrogen-bond acceptors (Lipinski definition) is 3. The fraction of sp³-hybridized carbons (Fsp3) is 0.111. The minimum Gasteiger partial charge on any atom is -0.406 e. The quantitative estimate of drug-likeness (QED) is 0.717. The molecule has 0 amide bonds. The summed E-state index contributed by atoms with van der Waals surface area (Å²) in [6.07, 6.45) is -4.80. The highest BCUT2D eigenvalue weighted by Gasteiger charge is 2.31. The summed E-state index contributed by atoms with van der Waals surface area (Å²) in [6.45, 7) is 0. The molecular weight excluding hydrogens is 209 g/mol. The standard InChI is InChI=1S/C9H3F3N2O/c10-9(11,12)15-8-2-1-6(4-13)7(3-8)5-14/h1-3H. The van der Waals surface area contributed by atoms with Crippen molar-refractivity contribution in [2.24, 2.45) is 0 Å². The van der Waals surface area contributed by atoms with E-state index in [0.29, 0.717) is 0 Å². The maximum atomic E-state index is 11.8. The third-order valence-corrected chi connectivity index (χ3v) is 1.47. The normalized spacial score (nSPS) is 10.2. The number of nitriles is 2. The molecule has 0 saturated heterocycles. The van der Waals surface area contributed by atoms with Crippen LogP contribution in [0, 0.1) is 22.7 Å². The van der Waals surface area contributed by atoms with Crippen molar-refractivity contribution in [1.82, 2.24) is 0 Å². The number of ether oxygens (including phenoxy) is 1. The van der Waals surface area contributed by atoms with Crippen molar-refractivity contribution in [2.45, 2.75) is 6.36 Å². The third kappa shape index (κ3) is 2.89. The predicted octanol–water partition coefficient (Wildman–Crippen LogP) is 2.33. The van der Waals surface area contributed by atoms with Crippen molar-refractivity contribution in [3.63, 3.8) is 0 Å². The second-order valence-electron chi connectivity index (χ2n) is 2.48. The van der Waals surface area contributed by atoms with Gasteiger partial charge >= 0.3 is 6.36 Å². The van der Waals surface area contributed by atoms with Crippen LogP contribution in [0.1, 0.15) is 11.1 Å². The first-order chi connectivity index (χ1) is 6.96. The van der Waals surface area contributed by atoms with E-state index >= 15 is 0 Å². The molecular formula is C9H3F3N2O. The van der Waals surface area contributed by atoms with Crippen LogP contribution in [0.4, 0.5) is 13.2 Å². The van der Waals surface area contributed by atoms with Gasteiger partial charge in [-0.1, -0.05) is 0 Å². The lowest BCUT2D eigenvalue weighted by atomic mass is 10.1. The third-order valence-electron chi connectivity index (χ3n) is 1.47. The number of rotatable bonds is 1. The van der Waals surface area contributed by atoms with E-state index in [4.69, 9.17) is 10.5 Å². The van der Waals surface area contributed by atoms with Crippen molar-refractivity contribution in [3.8, 4) is 17.9 Å². The minimum atomic E-state index is -4.80. The van der Waals surface area contributed by atoms with Gasteiger partial charge in [0.05, 0.1) is 11.1 Å². The summed E-state index contributed by atoms with van der Waals surface area (Å²) in [4.78, 5) is 0. The molecule has 1 rings (SSSR count). The Morgan fingerprint density at radius 2 is 1.67 bits per heavy atom. The van der Waals surface area contributed by atoms with Crippen LogP contribution in [0.3, 0.4) is 0 Å². The Morgan fingerprint density at radius 3 is 2.13 bits per heavy atom. The molecule has 1 aromatic carbocycles. The first kappa shape index (κ1) is 10.9. The van der Waals surface area contributed by atoms with E-state index in [2.05, 4.69) is 4.74 Å². The predicted molar refractivity (Wildman–Crippen MR) is 42.6 cm³/mol. The number of alkyl halides is 3. The summed E-state index contributed by atoms with van der Waals surface area (Å²) in [5, 5.41) is 17.0. The Bertz CT molecular complexity index is 454. The molecule has 0 fully saturated rings. The molecule has 0 N–H and O–H groups in total. The second-order valence-corrected chi connectivity index (χ2v) is 2.48. The highest BCUT2D eigenvalue weighted by molar-refractivity contribution is 5.49. The van der Waals surface area contributed by atoms with E-state index in [1.807, 2.05) is 0 Å². The molecule has 76 valence electrons. The number of nitrogens with zero attached hydrogens (tertiary/aromatic N) is 2. The lowest BCUT2D eigenvalue weighted by Crippen LogP contribution is -2.17. The van der Waals surface area contributed by atoms with E-state index in [-0.39, 0.29) is 11.1 Å². The largest absolute Gasteiger partial charge is 0.573 e. The van der Waals surface area contributed by atoms with Crippen molar-refractivity contribution < 1.29 is 17.9 Å². The van der Waals surface area contributed by atoms with E-state index < -0.39 is 12.1 Å². The highest BCUT2D eigenvalue weighted by Crippen LogP contribution is 2.24.